The largest absolute Gasteiger partial charge is 0.382 e. The van der Waals surface area contributed by atoms with Crippen LogP contribution >= 0.6 is 0 Å². The zero-order valence-electron chi connectivity index (χ0n) is 7.30. The van der Waals surface area contributed by atoms with Gasteiger partial charge in [-0.15, -0.1) is 0 Å². The van der Waals surface area contributed by atoms with E-state index in [0.29, 0.717) is 6.32 Å². The Balaban J connectivity index is 3.68. The van der Waals surface area contributed by atoms with Crippen molar-refractivity contribution < 1.29 is 19.0 Å². The summed E-state index contributed by atoms with van der Waals surface area (Å²) in [7, 11) is 3.19. The Morgan fingerprint density at radius 1 is 1.67 bits per heavy atom. The molecular formula is C6H13BFNO3. The lowest BCUT2D eigenvalue weighted by Crippen LogP contribution is -2.40. The van der Waals surface area contributed by atoms with Crippen LogP contribution in [0.1, 0.15) is 0 Å². The van der Waals surface area contributed by atoms with Crippen LogP contribution in [0.4, 0.5) is 4.53 Å². The van der Waals surface area contributed by atoms with Gasteiger partial charge in [0.25, 0.3) is 0 Å². The molecule has 0 bridgehead atoms. The average Bonchev–Trinajstić information content (AvgIpc) is 2.05. The Bertz CT molecular complexity index is 130. The molecule has 0 aromatic carbocycles. The van der Waals surface area contributed by atoms with E-state index in [4.69, 9.17) is 4.74 Å². The molecule has 0 rings (SSSR count). The minimum absolute atomic E-state index is 0.144. The summed E-state index contributed by atoms with van der Waals surface area (Å²) in [4.78, 5) is 14.2. The summed E-state index contributed by atoms with van der Waals surface area (Å²) in [6.45, 7) is 0.0647. The van der Waals surface area contributed by atoms with Crippen molar-refractivity contribution in [2.24, 2.45) is 0 Å². The molecule has 0 aromatic rings. The lowest BCUT2D eigenvalue weighted by molar-refractivity contribution is -0.146. The van der Waals surface area contributed by atoms with Crippen LogP contribution in [-0.4, -0.2) is 40.1 Å². The molecule has 0 spiro atoms. The van der Waals surface area contributed by atoms with Crippen molar-refractivity contribution in [3.8, 4) is 0 Å². The van der Waals surface area contributed by atoms with E-state index in [1.165, 1.54) is 7.11 Å². The monoisotopic (exact) mass is 177 g/mol. The van der Waals surface area contributed by atoms with Gasteiger partial charge in [-0.1, -0.05) is 0 Å². The van der Waals surface area contributed by atoms with Crippen molar-refractivity contribution in [3.05, 3.63) is 0 Å². The molecule has 0 aliphatic heterocycles. The molecule has 1 atom stereocenters. The highest BCUT2D eigenvalue weighted by atomic mass is 19.3. The zero-order chi connectivity index (χ0) is 9.40. The summed E-state index contributed by atoms with van der Waals surface area (Å²) in [6.07, 6.45) is 0.368. The van der Waals surface area contributed by atoms with Crippen molar-refractivity contribution in [1.82, 2.24) is 5.32 Å². The van der Waals surface area contributed by atoms with E-state index in [9.17, 15) is 9.32 Å². The second-order valence-electron chi connectivity index (χ2n) is 2.35. The molecule has 6 heteroatoms. The van der Waals surface area contributed by atoms with Gasteiger partial charge < -0.3 is 10.1 Å². The number of rotatable bonds is 6. The second kappa shape index (κ2) is 7.06. The number of nitrogens with one attached hydrogen (secondary N) is 1. The third kappa shape index (κ3) is 5.09. The van der Waals surface area contributed by atoms with Gasteiger partial charge in [-0.3, -0.25) is 4.79 Å². The highest BCUT2D eigenvalue weighted by Crippen LogP contribution is 1.89. The third-order valence-corrected chi connectivity index (χ3v) is 1.32. The number of hydrogen-bond donors (Lipinski definition) is 1. The zero-order valence-corrected chi connectivity index (χ0v) is 7.30. The fraction of sp³-hybridized carbons (Fsp3) is 0.833. The molecule has 4 nitrogen and oxygen atoms in total. The number of methoxy groups -OCH3 is 1. The molecule has 12 heavy (non-hydrogen) atoms. The number of ether oxygens (including phenoxy) is 1. The van der Waals surface area contributed by atoms with Gasteiger partial charge in [-0.2, -0.15) is 4.94 Å². The standard InChI is InChI=1S/C6H13BFNO3/c1-11-3-5(4-12-8)9-6(10)2-7/h5H,2-4,7H2,1H3,(H,9,10). The van der Waals surface area contributed by atoms with Gasteiger partial charge in [-0.25, -0.2) is 0 Å². The van der Waals surface area contributed by atoms with E-state index in [1.807, 2.05) is 0 Å². The van der Waals surface area contributed by atoms with Crippen molar-refractivity contribution in [1.29, 1.82) is 0 Å². The molecule has 1 N–H and O–H groups in total. The van der Waals surface area contributed by atoms with Gasteiger partial charge in [-0.05, 0) is 10.8 Å². The van der Waals surface area contributed by atoms with E-state index in [-0.39, 0.29) is 19.1 Å². The van der Waals surface area contributed by atoms with E-state index in [1.54, 1.807) is 7.85 Å². The fourth-order valence-corrected chi connectivity index (χ4v) is 0.738. The second-order valence-corrected chi connectivity index (χ2v) is 2.35. The van der Waals surface area contributed by atoms with Crippen molar-refractivity contribution in [2.45, 2.75) is 12.4 Å². The van der Waals surface area contributed by atoms with E-state index in [2.05, 4.69) is 10.3 Å². The summed E-state index contributed by atoms with van der Waals surface area (Å²) in [5.41, 5.74) is 0. The Kier molecular flexibility index (Phi) is 6.70. The number of carbonyl (C=O) groups excluding carboxylic acids is 1. The number of halogens is 1. The van der Waals surface area contributed by atoms with Crippen molar-refractivity contribution >= 4 is 13.8 Å². The molecule has 0 aliphatic carbocycles. The van der Waals surface area contributed by atoms with Crippen molar-refractivity contribution in [3.63, 3.8) is 0 Å². The summed E-state index contributed by atoms with van der Waals surface area (Å²) < 4.78 is 16.2. The summed E-state index contributed by atoms with van der Waals surface area (Å²) in [6, 6.07) is -0.410. The predicted molar refractivity (Wildman–Crippen MR) is 44.2 cm³/mol. The maximum atomic E-state index is 11.4. The van der Waals surface area contributed by atoms with Crippen LogP contribution in [0, 0.1) is 0 Å². The van der Waals surface area contributed by atoms with Gasteiger partial charge in [0, 0.05) is 7.11 Å². The number of carbonyl (C=O) groups is 1. The summed E-state index contributed by atoms with van der Waals surface area (Å²) >= 11 is 0. The van der Waals surface area contributed by atoms with Crippen molar-refractivity contribution in [2.75, 3.05) is 20.3 Å². The molecule has 1 amide bonds. The first kappa shape index (κ1) is 11.4. The Labute approximate surface area is 71.7 Å². The third-order valence-electron chi connectivity index (χ3n) is 1.32. The molecule has 0 saturated carbocycles. The Morgan fingerprint density at radius 2 is 2.33 bits per heavy atom. The number of hydrogen-bond acceptors (Lipinski definition) is 3. The van der Waals surface area contributed by atoms with Gasteiger partial charge >= 0.3 is 0 Å². The number of amides is 1. The topological polar surface area (TPSA) is 47.6 Å². The molecule has 0 saturated heterocycles. The van der Waals surface area contributed by atoms with Crippen LogP contribution < -0.4 is 5.32 Å². The molecule has 70 valence electrons. The van der Waals surface area contributed by atoms with Gasteiger partial charge in [0.05, 0.1) is 12.6 Å². The van der Waals surface area contributed by atoms with Crippen LogP contribution in [0.15, 0.2) is 0 Å². The molecule has 0 fully saturated rings. The predicted octanol–water partition coefficient (Wildman–Crippen LogP) is -0.930. The molecule has 0 aliphatic rings. The van der Waals surface area contributed by atoms with Crippen LogP contribution in [0.5, 0.6) is 0 Å². The minimum atomic E-state index is -0.410. The maximum absolute atomic E-state index is 11.4. The molecule has 1 unspecified atom stereocenters. The van der Waals surface area contributed by atoms with E-state index in [0.717, 1.165) is 0 Å². The normalized spacial score (nSPS) is 12.5. The van der Waals surface area contributed by atoms with E-state index >= 15 is 0 Å². The lowest BCUT2D eigenvalue weighted by atomic mass is 10.0. The SMILES string of the molecule is BCC(=O)NC(COC)COF. The minimum Gasteiger partial charge on any atom is -0.382 e. The fourth-order valence-electron chi connectivity index (χ4n) is 0.738. The molecule has 0 heterocycles. The molecule has 0 aromatic heterocycles. The van der Waals surface area contributed by atoms with E-state index < -0.39 is 6.04 Å². The van der Waals surface area contributed by atoms with Gasteiger partial charge in [0.15, 0.2) is 0 Å². The van der Waals surface area contributed by atoms with Crippen LogP contribution in [0.2, 0.25) is 6.32 Å². The first-order valence-corrected chi connectivity index (χ1v) is 3.76. The first-order valence-electron chi connectivity index (χ1n) is 3.76. The van der Waals surface area contributed by atoms with Crippen LogP contribution in [0.3, 0.4) is 0 Å². The average molecular weight is 177 g/mol. The highest BCUT2D eigenvalue weighted by molar-refractivity contribution is 6.19. The molecule has 0 radical (unpaired) electrons. The van der Waals surface area contributed by atoms with Crippen LogP contribution in [0.25, 0.3) is 0 Å². The summed E-state index contributed by atoms with van der Waals surface area (Å²) in [5.74, 6) is -0.144. The maximum Gasteiger partial charge on any atom is 0.212 e. The van der Waals surface area contributed by atoms with Gasteiger partial charge in [0.2, 0.25) is 5.91 Å². The highest BCUT2D eigenvalue weighted by Gasteiger charge is 2.10. The van der Waals surface area contributed by atoms with Crippen LogP contribution in [-0.2, 0) is 14.5 Å². The quantitative estimate of drug-likeness (QED) is 0.533. The smallest absolute Gasteiger partial charge is 0.212 e. The summed E-state index contributed by atoms with van der Waals surface area (Å²) in [5, 5.41) is 2.54. The Hall–Kier alpha value is -0.615. The lowest BCUT2D eigenvalue weighted by Gasteiger charge is -2.14. The Morgan fingerprint density at radius 3 is 2.75 bits per heavy atom. The first-order chi connectivity index (χ1) is 5.74. The molecular weight excluding hydrogens is 164 g/mol. The van der Waals surface area contributed by atoms with Gasteiger partial charge in [0.1, 0.15) is 14.5 Å².